The van der Waals surface area contributed by atoms with E-state index in [1.807, 2.05) is 11.0 Å². The molecule has 2 aliphatic heterocycles. The van der Waals surface area contributed by atoms with Crippen LogP contribution in [0.15, 0.2) is 42.7 Å². The number of urea groups is 1. The van der Waals surface area contributed by atoms with E-state index in [1.165, 1.54) is 0 Å². The highest BCUT2D eigenvalue weighted by atomic mass is 16.2. The zero-order valence-corrected chi connectivity index (χ0v) is 16.8. The van der Waals surface area contributed by atoms with E-state index in [2.05, 4.69) is 15.6 Å². The number of amides is 4. The molecule has 2 aromatic rings. The van der Waals surface area contributed by atoms with E-state index in [4.69, 9.17) is 0 Å². The first kappa shape index (κ1) is 19.9. The van der Waals surface area contributed by atoms with Gasteiger partial charge in [0.1, 0.15) is 0 Å². The van der Waals surface area contributed by atoms with E-state index in [-0.39, 0.29) is 17.8 Å². The van der Waals surface area contributed by atoms with E-state index >= 15 is 0 Å². The van der Waals surface area contributed by atoms with Crippen molar-refractivity contribution in [3.8, 4) is 0 Å². The molecule has 0 radical (unpaired) electrons. The van der Waals surface area contributed by atoms with Crippen LogP contribution in [0.5, 0.6) is 0 Å². The molecule has 30 heavy (non-hydrogen) atoms. The van der Waals surface area contributed by atoms with E-state index in [9.17, 15) is 14.4 Å². The summed E-state index contributed by atoms with van der Waals surface area (Å²) in [5.74, 6) is 0.0385. The molecule has 1 saturated heterocycles. The zero-order chi connectivity index (χ0) is 20.9. The molecule has 0 aliphatic carbocycles. The van der Waals surface area contributed by atoms with Crippen LogP contribution in [-0.4, -0.2) is 52.3 Å². The van der Waals surface area contributed by atoms with Crippen LogP contribution in [0.25, 0.3) is 0 Å². The molecule has 2 aliphatic rings. The Labute approximate surface area is 175 Å². The standard InChI is InChI=1S/C22H25N5O3/c28-20-3-1-11-26(20)12-2-9-24-21(29)16-4-6-19(7-5-16)25-22(30)27-14-17-8-10-23-13-18(17)15-27/h4-8,10,13H,1-3,9,11-12,14-15H2,(H,24,29)(H,25,30). The molecule has 4 rings (SSSR count). The van der Waals surface area contributed by atoms with E-state index < -0.39 is 0 Å². The molecule has 156 valence electrons. The van der Waals surface area contributed by atoms with Gasteiger partial charge in [0.25, 0.3) is 5.91 Å². The van der Waals surface area contributed by atoms with Gasteiger partial charge in [-0.1, -0.05) is 0 Å². The number of pyridine rings is 1. The first-order valence-electron chi connectivity index (χ1n) is 10.2. The lowest BCUT2D eigenvalue weighted by Crippen LogP contribution is -2.31. The summed E-state index contributed by atoms with van der Waals surface area (Å²) in [6, 6.07) is 8.58. The Morgan fingerprint density at radius 2 is 1.87 bits per heavy atom. The predicted octanol–water partition coefficient (Wildman–Crippen LogP) is 2.37. The minimum Gasteiger partial charge on any atom is -0.352 e. The van der Waals surface area contributed by atoms with Crippen LogP contribution in [0.2, 0.25) is 0 Å². The van der Waals surface area contributed by atoms with E-state index in [0.717, 1.165) is 30.5 Å². The van der Waals surface area contributed by atoms with Crippen LogP contribution in [0.3, 0.4) is 0 Å². The van der Waals surface area contributed by atoms with Gasteiger partial charge in [0.15, 0.2) is 0 Å². The Kier molecular flexibility index (Phi) is 5.92. The summed E-state index contributed by atoms with van der Waals surface area (Å²) in [6.07, 6.45) is 5.82. The van der Waals surface area contributed by atoms with Crippen molar-refractivity contribution in [2.45, 2.75) is 32.4 Å². The number of likely N-dealkylation sites (tertiary alicyclic amines) is 1. The lowest BCUT2D eigenvalue weighted by Gasteiger charge is -2.16. The highest BCUT2D eigenvalue weighted by Gasteiger charge is 2.23. The van der Waals surface area contributed by atoms with Crippen LogP contribution in [-0.2, 0) is 17.9 Å². The van der Waals surface area contributed by atoms with Gasteiger partial charge in [0, 0.05) is 62.8 Å². The number of carbonyl (C=O) groups is 3. The topological polar surface area (TPSA) is 94.6 Å². The largest absolute Gasteiger partial charge is 0.352 e. The van der Waals surface area contributed by atoms with Crippen LogP contribution in [0.4, 0.5) is 10.5 Å². The van der Waals surface area contributed by atoms with Gasteiger partial charge in [0.2, 0.25) is 5.91 Å². The number of hydrogen-bond donors (Lipinski definition) is 2. The highest BCUT2D eigenvalue weighted by molar-refractivity contribution is 5.95. The molecule has 8 nitrogen and oxygen atoms in total. The quantitative estimate of drug-likeness (QED) is 0.719. The van der Waals surface area contributed by atoms with Crippen LogP contribution < -0.4 is 10.6 Å². The lowest BCUT2D eigenvalue weighted by atomic mass is 10.2. The van der Waals surface area contributed by atoms with Crippen molar-refractivity contribution in [3.63, 3.8) is 0 Å². The number of rotatable bonds is 6. The second-order valence-corrected chi connectivity index (χ2v) is 7.60. The predicted molar refractivity (Wildman–Crippen MR) is 112 cm³/mol. The summed E-state index contributed by atoms with van der Waals surface area (Å²) in [6.45, 7) is 3.12. The van der Waals surface area contributed by atoms with Gasteiger partial charge in [-0.25, -0.2) is 4.79 Å². The SMILES string of the molecule is O=C(NCCCN1CCCC1=O)c1ccc(NC(=O)N2Cc3ccncc3C2)cc1. The van der Waals surface area contributed by atoms with Gasteiger partial charge < -0.3 is 20.4 Å². The normalized spacial score (nSPS) is 15.3. The second kappa shape index (κ2) is 8.94. The minimum atomic E-state index is -0.181. The summed E-state index contributed by atoms with van der Waals surface area (Å²) in [4.78, 5) is 44.0. The molecule has 0 unspecified atom stereocenters. The third-order valence-corrected chi connectivity index (χ3v) is 5.47. The third kappa shape index (κ3) is 4.59. The average molecular weight is 407 g/mol. The molecule has 1 aromatic heterocycles. The number of benzene rings is 1. The monoisotopic (exact) mass is 407 g/mol. The summed E-state index contributed by atoms with van der Waals surface area (Å²) in [5.41, 5.74) is 3.35. The Bertz CT molecular complexity index is 919. The van der Waals surface area contributed by atoms with Crippen LogP contribution in [0, 0.1) is 0 Å². The maximum absolute atomic E-state index is 12.5. The lowest BCUT2D eigenvalue weighted by molar-refractivity contribution is -0.127. The van der Waals surface area contributed by atoms with Crippen molar-refractivity contribution in [1.29, 1.82) is 0 Å². The molecule has 3 heterocycles. The first-order valence-corrected chi connectivity index (χ1v) is 10.2. The summed E-state index contributed by atoms with van der Waals surface area (Å²) >= 11 is 0. The molecule has 0 atom stereocenters. The molecule has 2 N–H and O–H groups in total. The van der Waals surface area contributed by atoms with Crippen molar-refractivity contribution < 1.29 is 14.4 Å². The van der Waals surface area contributed by atoms with Gasteiger partial charge in [-0.3, -0.25) is 14.6 Å². The van der Waals surface area contributed by atoms with Crippen LogP contribution in [0.1, 0.15) is 40.7 Å². The number of nitrogens with zero attached hydrogens (tertiary/aromatic N) is 3. The third-order valence-electron chi connectivity index (χ3n) is 5.47. The number of aromatic nitrogens is 1. The Morgan fingerprint density at radius 3 is 2.60 bits per heavy atom. The van der Waals surface area contributed by atoms with Crippen molar-refractivity contribution in [1.82, 2.24) is 20.1 Å². The molecule has 8 heteroatoms. The molecular weight excluding hydrogens is 382 g/mol. The summed E-state index contributed by atoms with van der Waals surface area (Å²) < 4.78 is 0. The number of anilines is 1. The molecule has 1 aromatic carbocycles. The average Bonchev–Trinajstić information content (AvgIpc) is 3.37. The Hall–Kier alpha value is -3.42. The van der Waals surface area contributed by atoms with E-state index in [1.54, 1.807) is 41.6 Å². The molecule has 0 bridgehead atoms. The first-order chi connectivity index (χ1) is 14.6. The number of carbonyl (C=O) groups excluding carboxylic acids is 3. The maximum atomic E-state index is 12.5. The van der Waals surface area contributed by atoms with Gasteiger partial charge in [-0.15, -0.1) is 0 Å². The van der Waals surface area contributed by atoms with Gasteiger partial charge in [-0.05, 0) is 54.3 Å². The van der Waals surface area contributed by atoms with Crippen molar-refractivity contribution in [2.75, 3.05) is 25.0 Å². The fourth-order valence-electron chi connectivity index (χ4n) is 3.79. The van der Waals surface area contributed by atoms with Gasteiger partial charge in [-0.2, -0.15) is 0 Å². The molecular formula is C22H25N5O3. The number of fused-ring (bicyclic) bond motifs is 1. The summed E-state index contributed by atoms with van der Waals surface area (Å²) in [7, 11) is 0. The van der Waals surface area contributed by atoms with Gasteiger partial charge in [0.05, 0.1) is 0 Å². The molecule has 0 spiro atoms. The minimum absolute atomic E-state index is 0.164. The van der Waals surface area contributed by atoms with Crippen LogP contribution >= 0.6 is 0 Å². The highest BCUT2D eigenvalue weighted by Crippen LogP contribution is 2.22. The molecule has 1 fully saturated rings. The van der Waals surface area contributed by atoms with Crippen molar-refractivity contribution in [2.24, 2.45) is 0 Å². The number of hydrogen-bond acceptors (Lipinski definition) is 4. The van der Waals surface area contributed by atoms with E-state index in [0.29, 0.717) is 43.9 Å². The van der Waals surface area contributed by atoms with Crippen molar-refractivity contribution >= 4 is 23.5 Å². The second-order valence-electron chi connectivity index (χ2n) is 7.60. The molecule has 4 amide bonds. The summed E-state index contributed by atoms with van der Waals surface area (Å²) in [5, 5.41) is 5.74. The Morgan fingerprint density at radius 1 is 1.07 bits per heavy atom. The smallest absolute Gasteiger partial charge is 0.322 e. The Balaban J connectivity index is 1.22. The molecule has 0 saturated carbocycles. The fraction of sp³-hybridized carbons (Fsp3) is 0.364. The van der Waals surface area contributed by atoms with Crippen molar-refractivity contribution in [3.05, 3.63) is 59.4 Å². The fourth-order valence-corrected chi connectivity index (χ4v) is 3.79. The zero-order valence-electron chi connectivity index (χ0n) is 16.8. The maximum Gasteiger partial charge on any atom is 0.322 e. The van der Waals surface area contributed by atoms with Gasteiger partial charge >= 0.3 is 6.03 Å². The number of nitrogens with one attached hydrogen (secondary N) is 2.